The summed E-state index contributed by atoms with van der Waals surface area (Å²) in [6.45, 7) is 1.39. The maximum absolute atomic E-state index is 12.5. The molecule has 0 saturated heterocycles. The number of hydrogen-bond donors (Lipinski definition) is 3. The second kappa shape index (κ2) is 23.1. The Balaban J connectivity index is 0.000000221. The van der Waals surface area contributed by atoms with Gasteiger partial charge in [0.05, 0.1) is 43.2 Å². The number of primary sulfonamides is 1. The summed E-state index contributed by atoms with van der Waals surface area (Å²) in [6.07, 6.45) is 15.7. The summed E-state index contributed by atoms with van der Waals surface area (Å²) in [5.41, 5.74) is 12.1. The van der Waals surface area contributed by atoms with E-state index in [0.717, 1.165) is 86.7 Å². The Morgan fingerprint density at radius 1 is 0.700 bits per heavy atom. The van der Waals surface area contributed by atoms with Gasteiger partial charge in [-0.05, 0) is 134 Å². The molecule has 0 atom stereocenters. The predicted molar refractivity (Wildman–Crippen MR) is 230 cm³/mol. The molecule has 0 radical (unpaired) electrons. The number of rotatable bonds is 17. The van der Waals surface area contributed by atoms with Crippen molar-refractivity contribution in [3.63, 3.8) is 0 Å². The average molecular weight is 875 g/mol. The molecule has 18 heteroatoms. The molecule has 0 heterocycles. The van der Waals surface area contributed by atoms with Crippen LogP contribution in [0.5, 0.6) is 0 Å². The molecule has 4 N–H and O–H groups in total. The van der Waals surface area contributed by atoms with Crippen molar-refractivity contribution in [1.82, 2.24) is 14.5 Å². The molecule has 0 aromatic heterocycles. The van der Waals surface area contributed by atoms with Gasteiger partial charge in [0.15, 0.2) is 0 Å². The van der Waals surface area contributed by atoms with Crippen LogP contribution in [0.3, 0.4) is 0 Å². The Morgan fingerprint density at radius 3 is 1.53 bits per heavy atom. The van der Waals surface area contributed by atoms with Crippen LogP contribution in [0.2, 0.25) is 0 Å². The molecule has 4 aliphatic carbocycles. The van der Waals surface area contributed by atoms with E-state index in [1.165, 1.54) is 70.2 Å². The number of benzene rings is 2. The fraction of sp³-hybridized carbons (Fsp3) is 0.619. The molecule has 2 aromatic carbocycles. The smallest absolute Gasteiger partial charge is 0.332 e. The van der Waals surface area contributed by atoms with E-state index in [1.54, 1.807) is 20.2 Å². The zero-order chi connectivity index (χ0) is 43.9. The molecule has 4 aliphatic rings. The van der Waals surface area contributed by atoms with Crippen LogP contribution < -0.4 is 15.2 Å². The lowest BCUT2D eigenvalue weighted by Crippen LogP contribution is -2.37. The Bertz CT molecular complexity index is 2060. The van der Waals surface area contributed by atoms with Crippen molar-refractivity contribution in [2.24, 2.45) is 10.1 Å². The molecule has 16 nitrogen and oxygen atoms in total. The van der Waals surface area contributed by atoms with Crippen molar-refractivity contribution in [1.29, 1.82) is 0 Å². The third kappa shape index (κ3) is 14.5. The summed E-state index contributed by atoms with van der Waals surface area (Å²) in [5.74, 6) is -0.500. The summed E-state index contributed by atoms with van der Waals surface area (Å²) in [4.78, 5) is 53.0. The number of anilines is 1. The van der Waals surface area contributed by atoms with Crippen LogP contribution in [-0.4, -0.2) is 117 Å². The quantitative estimate of drug-likeness (QED) is 0.154. The first-order valence-corrected chi connectivity index (χ1v) is 24.1. The summed E-state index contributed by atoms with van der Waals surface area (Å²) in [7, 11) is -0.920. The number of aliphatic imine (C=N–C) groups is 1. The van der Waals surface area contributed by atoms with Gasteiger partial charge in [-0.3, -0.25) is 9.59 Å². The van der Waals surface area contributed by atoms with Crippen LogP contribution in [0.1, 0.15) is 95.9 Å². The van der Waals surface area contributed by atoms with Crippen molar-refractivity contribution in [3.05, 3.63) is 56.6 Å². The molecule has 0 aliphatic heterocycles. The third-order valence-electron chi connectivity index (χ3n) is 11.3. The highest BCUT2D eigenvalue weighted by Crippen LogP contribution is 2.40. The van der Waals surface area contributed by atoms with E-state index in [2.05, 4.69) is 27.2 Å². The lowest BCUT2D eigenvalue weighted by atomic mass is 9.99. The van der Waals surface area contributed by atoms with Gasteiger partial charge in [-0.1, -0.05) is 12.1 Å². The number of sulfonamides is 2. The van der Waals surface area contributed by atoms with Gasteiger partial charge in [0.25, 0.3) is 0 Å². The van der Waals surface area contributed by atoms with Crippen molar-refractivity contribution in [2.45, 2.75) is 103 Å². The normalized spacial score (nSPS) is 14.6. The Hall–Kier alpha value is -4.19. The van der Waals surface area contributed by atoms with E-state index < -0.39 is 26.1 Å². The van der Waals surface area contributed by atoms with Crippen molar-refractivity contribution < 1.29 is 45.5 Å². The van der Waals surface area contributed by atoms with Gasteiger partial charge < -0.3 is 24.6 Å². The zero-order valence-electron chi connectivity index (χ0n) is 35.5. The number of isocyanates is 1. The number of ether oxygens (including phenoxy) is 2. The van der Waals surface area contributed by atoms with E-state index in [9.17, 15) is 36.0 Å². The average Bonchev–Trinajstić information content (AvgIpc) is 4.03. The molecular formula is C42H62N6O10S2. The van der Waals surface area contributed by atoms with Crippen molar-refractivity contribution in [3.8, 4) is 0 Å². The summed E-state index contributed by atoms with van der Waals surface area (Å²) < 4.78 is 57.6. The number of nitrogens with two attached hydrogens (primary N) is 1. The summed E-state index contributed by atoms with van der Waals surface area (Å²) >= 11 is 0. The molecule has 332 valence electrons. The number of aryl methyl sites for hydroxylation is 4. The Morgan fingerprint density at radius 2 is 1.12 bits per heavy atom. The highest BCUT2D eigenvalue weighted by atomic mass is 32.2. The molecule has 0 bridgehead atoms. The maximum Gasteiger partial charge on any atom is 0.332 e. The van der Waals surface area contributed by atoms with Crippen molar-refractivity contribution in [2.75, 3.05) is 71.4 Å². The van der Waals surface area contributed by atoms with Gasteiger partial charge in [-0.15, -0.1) is 0 Å². The molecule has 0 saturated carbocycles. The fourth-order valence-electron chi connectivity index (χ4n) is 8.27. The topological polar surface area (TPSA) is 224 Å². The van der Waals surface area contributed by atoms with E-state index in [-0.39, 0.29) is 36.2 Å². The van der Waals surface area contributed by atoms with Gasteiger partial charge in [-0.25, -0.2) is 36.3 Å². The molecule has 60 heavy (non-hydrogen) atoms. The molecule has 0 spiro atoms. The summed E-state index contributed by atoms with van der Waals surface area (Å²) in [5, 5.41) is 7.66. The van der Waals surface area contributed by atoms with E-state index in [1.807, 2.05) is 0 Å². The van der Waals surface area contributed by atoms with E-state index in [4.69, 9.17) is 14.6 Å². The third-order valence-corrected chi connectivity index (χ3v) is 13.5. The minimum Gasteiger partial charge on any atom is -0.384 e. The Labute approximate surface area is 355 Å². The molecule has 0 fully saturated rings. The van der Waals surface area contributed by atoms with E-state index in [0.29, 0.717) is 39.1 Å². The number of nitrogens with zero attached hydrogens (tertiary/aromatic N) is 3. The fourth-order valence-corrected chi connectivity index (χ4v) is 9.75. The highest BCUT2D eigenvalue weighted by molar-refractivity contribution is 7.90. The van der Waals surface area contributed by atoms with Gasteiger partial charge in [0.2, 0.25) is 37.9 Å². The SMILES string of the molecule is COCCC(=O)N(C)CCCS(=O)(=O)NC(=O)Nc1c2c(cc3c1CCC3)CCC2.COCCC(=O)N(C)CCCS(N)(=O)=O.O=C=Nc1c2c(cc3c1CCC3)CCC2. The van der Waals surface area contributed by atoms with E-state index >= 15 is 0 Å². The van der Waals surface area contributed by atoms with Crippen molar-refractivity contribution >= 4 is 55.3 Å². The second-order valence-corrected chi connectivity index (χ2v) is 19.3. The van der Waals surface area contributed by atoms with Crippen LogP contribution in [0.4, 0.5) is 16.2 Å². The lowest BCUT2D eigenvalue weighted by Gasteiger charge is -2.18. The number of amides is 4. The zero-order valence-corrected chi connectivity index (χ0v) is 37.2. The largest absolute Gasteiger partial charge is 0.384 e. The monoisotopic (exact) mass is 874 g/mol. The number of nitrogens with one attached hydrogen (secondary N) is 2. The second-order valence-electron chi connectivity index (χ2n) is 15.7. The standard InChI is InChI=1S/C21H31N3O5S.C13H13NO.C8H18N2O4S/c1-24(19(25)10-12-29-2)11-5-13-30(27,28)23-21(26)22-20-17-8-3-6-15(17)14-16-7-4-9-18(16)20;15-8-14-13-11-5-1-3-9(11)7-10-4-2-6-12(10)13;1-10(8(11)4-6-14-2)5-3-7-15(9,12)13/h14H,3-13H2,1-2H3,(H2,22,23,26);7H,1-6H2;3-7H2,1-2H3,(H2,9,12,13). The number of carbonyl (C=O) groups excluding carboxylic acids is 4. The van der Waals surface area contributed by atoms with Crippen LogP contribution in [0.25, 0.3) is 0 Å². The first-order chi connectivity index (χ1) is 28.6. The van der Waals surface area contributed by atoms with Crippen LogP contribution >= 0.6 is 0 Å². The van der Waals surface area contributed by atoms with Crippen LogP contribution in [0, 0.1) is 0 Å². The summed E-state index contributed by atoms with van der Waals surface area (Å²) in [6, 6.07) is 3.89. The lowest BCUT2D eigenvalue weighted by molar-refractivity contribution is -0.131. The minimum atomic E-state index is -3.79. The van der Waals surface area contributed by atoms with Crippen LogP contribution in [-0.2, 0) is 95.3 Å². The number of fused-ring (bicyclic) bond motifs is 4. The number of methoxy groups -OCH3 is 2. The molecule has 2 aromatic rings. The molecule has 0 unspecified atom stereocenters. The van der Waals surface area contributed by atoms with Gasteiger partial charge in [-0.2, -0.15) is 4.99 Å². The predicted octanol–water partition coefficient (Wildman–Crippen LogP) is 3.79. The van der Waals surface area contributed by atoms with Gasteiger partial charge in [0, 0.05) is 47.1 Å². The maximum atomic E-state index is 12.5. The minimum absolute atomic E-state index is 0.0636. The van der Waals surface area contributed by atoms with Gasteiger partial charge in [0.1, 0.15) is 0 Å². The van der Waals surface area contributed by atoms with Crippen LogP contribution in [0.15, 0.2) is 17.1 Å². The highest BCUT2D eigenvalue weighted by Gasteiger charge is 2.27. The first kappa shape index (κ1) is 48.5. The first-order valence-electron chi connectivity index (χ1n) is 20.8. The number of urea groups is 1. The Kier molecular flexibility index (Phi) is 18.7. The van der Waals surface area contributed by atoms with Gasteiger partial charge >= 0.3 is 6.03 Å². The number of hydrogen-bond acceptors (Lipinski definition) is 11. The molecular weight excluding hydrogens is 813 g/mol. The number of carbonyl (C=O) groups is 3. The molecule has 6 rings (SSSR count). The molecule has 4 amide bonds.